The van der Waals surface area contributed by atoms with E-state index < -0.39 is 5.97 Å². The number of aromatic nitrogens is 2. The van der Waals surface area contributed by atoms with E-state index in [1.807, 2.05) is 16.0 Å². The second-order valence-electron chi connectivity index (χ2n) is 4.87. The number of methoxy groups -OCH3 is 1. The van der Waals surface area contributed by atoms with Gasteiger partial charge in [0, 0.05) is 29.3 Å². The van der Waals surface area contributed by atoms with Crippen LogP contribution in [0.4, 0.5) is 4.39 Å². The Labute approximate surface area is 135 Å². The number of benzene rings is 1. The van der Waals surface area contributed by atoms with E-state index in [9.17, 15) is 14.3 Å². The molecule has 0 radical (unpaired) electrons. The predicted octanol–water partition coefficient (Wildman–Crippen LogP) is 3.36. The summed E-state index contributed by atoms with van der Waals surface area (Å²) in [5.74, 6) is -1.32. The van der Waals surface area contributed by atoms with Gasteiger partial charge in [-0.05, 0) is 24.3 Å². The Bertz CT molecular complexity index is 881. The molecule has 23 heavy (non-hydrogen) atoms. The number of fused-ring (bicyclic) bond motifs is 1. The number of rotatable bonds is 5. The van der Waals surface area contributed by atoms with E-state index in [0.717, 1.165) is 16.2 Å². The number of aliphatic carboxylic acids is 1. The quantitative estimate of drug-likeness (QED) is 0.575. The third kappa shape index (κ3) is 3.09. The Morgan fingerprint density at radius 2 is 2.17 bits per heavy atom. The topological polar surface area (TPSA) is 63.8 Å². The van der Waals surface area contributed by atoms with Gasteiger partial charge in [-0.3, -0.25) is 4.40 Å². The molecule has 0 aliphatic carbocycles. The molecule has 2 heterocycles. The van der Waals surface area contributed by atoms with Crippen molar-refractivity contribution in [2.75, 3.05) is 7.11 Å². The fourth-order valence-electron chi connectivity index (χ4n) is 2.22. The summed E-state index contributed by atoms with van der Waals surface area (Å²) in [6.45, 7) is 0. The predicted molar refractivity (Wildman–Crippen MR) is 84.9 cm³/mol. The molecule has 0 unspecified atom stereocenters. The summed E-state index contributed by atoms with van der Waals surface area (Å²) in [4.78, 5) is 16.4. The van der Waals surface area contributed by atoms with Gasteiger partial charge in [0.25, 0.3) is 0 Å². The first kappa shape index (κ1) is 15.2. The molecule has 0 saturated heterocycles. The number of hydrogen-bond donors (Lipinski definition) is 1. The Balaban J connectivity index is 1.96. The van der Waals surface area contributed by atoms with Gasteiger partial charge < -0.3 is 9.84 Å². The molecule has 1 N–H and O–H groups in total. The number of hydrogen-bond acceptors (Lipinski definition) is 4. The summed E-state index contributed by atoms with van der Waals surface area (Å²) >= 11 is 1.42. The van der Waals surface area contributed by atoms with Gasteiger partial charge in [-0.15, -0.1) is 11.3 Å². The molecule has 118 valence electrons. The summed E-state index contributed by atoms with van der Waals surface area (Å²) in [5, 5.41) is 11.0. The first-order valence-electron chi connectivity index (χ1n) is 6.75. The van der Waals surface area contributed by atoms with Crippen LogP contribution in [0.5, 0.6) is 0 Å². The van der Waals surface area contributed by atoms with E-state index >= 15 is 0 Å². The van der Waals surface area contributed by atoms with E-state index in [2.05, 4.69) is 4.98 Å². The molecule has 1 aromatic carbocycles. The fraction of sp³-hybridized carbons (Fsp3) is 0.125. The van der Waals surface area contributed by atoms with Crippen molar-refractivity contribution in [2.24, 2.45) is 0 Å². The third-order valence-corrected chi connectivity index (χ3v) is 4.22. The lowest BCUT2D eigenvalue weighted by Gasteiger charge is -2.01. The van der Waals surface area contributed by atoms with Crippen LogP contribution >= 0.6 is 11.3 Å². The lowest BCUT2D eigenvalue weighted by atomic mass is 10.1. The molecule has 2 aromatic heterocycles. The maximum absolute atomic E-state index is 13.0. The maximum Gasteiger partial charge on any atom is 0.335 e. The van der Waals surface area contributed by atoms with Crippen LogP contribution in [-0.4, -0.2) is 27.6 Å². The highest BCUT2D eigenvalue weighted by Gasteiger charge is 2.14. The largest absolute Gasteiger partial charge is 0.504 e. The maximum atomic E-state index is 13.0. The van der Waals surface area contributed by atoms with Crippen LogP contribution in [-0.2, 0) is 16.0 Å². The van der Waals surface area contributed by atoms with E-state index in [1.165, 1.54) is 36.8 Å². The summed E-state index contributed by atoms with van der Waals surface area (Å²) in [6, 6.07) is 6.09. The minimum atomic E-state index is -1.02. The first-order chi connectivity index (χ1) is 11.1. The minimum Gasteiger partial charge on any atom is -0.504 e. The van der Waals surface area contributed by atoms with Gasteiger partial charge in [-0.25, -0.2) is 14.2 Å². The Morgan fingerprint density at radius 3 is 2.83 bits per heavy atom. The second kappa shape index (κ2) is 6.21. The Kier molecular flexibility index (Phi) is 4.12. The molecule has 5 nitrogen and oxygen atoms in total. The highest BCUT2D eigenvalue weighted by atomic mass is 32.1. The van der Waals surface area contributed by atoms with Crippen molar-refractivity contribution in [3.63, 3.8) is 0 Å². The Hall–Kier alpha value is -2.67. The molecule has 0 bridgehead atoms. The van der Waals surface area contributed by atoms with Gasteiger partial charge in [0.15, 0.2) is 4.96 Å². The molecule has 0 spiro atoms. The van der Waals surface area contributed by atoms with Crippen molar-refractivity contribution in [3.8, 4) is 11.3 Å². The number of carboxylic acids is 1. The van der Waals surface area contributed by atoms with E-state index in [1.54, 1.807) is 12.1 Å². The second-order valence-corrected chi connectivity index (χ2v) is 5.71. The highest BCUT2D eigenvalue weighted by Crippen LogP contribution is 2.25. The van der Waals surface area contributed by atoms with Crippen LogP contribution in [0, 0.1) is 5.82 Å². The molecule has 0 atom stereocenters. The van der Waals surface area contributed by atoms with Crippen LogP contribution < -0.4 is 0 Å². The lowest BCUT2D eigenvalue weighted by Crippen LogP contribution is -2.05. The van der Waals surface area contributed by atoms with Gasteiger partial charge in [-0.1, -0.05) is 0 Å². The third-order valence-electron chi connectivity index (χ3n) is 3.33. The van der Waals surface area contributed by atoms with Gasteiger partial charge >= 0.3 is 5.97 Å². The molecule has 0 fully saturated rings. The van der Waals surface area contributed by atoms with Crippen molar-refractivity contribution in [2.45, 2.75) is 6.42 Å². The normalized spacial score (nSPS) is 11.8. The van der Waals surface area contributed by atoms with Crippen molar-refractivity contribution in [3.05, 3.63) is 59.2 Å². The van der Waals surface area contributed by atoms with Gasteiger partial charge in [0.05, 0.1) is 24.6 Å². The average Bonchev–Trinajstić information content (AvgIpc) is 3.09. The molecule has 7 heteroatoms. The Morgan fingerprint density at radius 1 is 1.43 bits per heavy atom. The molecular formula is C16H13FN2O3S. The van der Waals surface area contributed by atoms with Crippen LogP contribution in [0.3, 0.4) is 0 Å². The van der Waals surface area contributed by atoms with Crippen molar-refractivity contribution >= 4 is 22.3 Å². The molecule has 3 rings (SSSR count). The zero-order chi connectivity index (χ0) is 16.4. The van der Waals surface area contributed by atoms with Gasteiger partial charge in [0.2, 0.25) is 0 Å². The van der Waals surface area contributed by atoms with Crippen LogP contribution in [0.2, 0.25) is 0 Å². The van der Waals surface area contributed by atoms with Crippen molar-refractivity contribution in [1.29, 1.82) is 0 Å². The van der Waals surface area contributed by atoms with E-state index in [4.69, 9.17) is 4.74 Å². The average molecular weight is 332 g/mol. The standard InChI is InChI=1S/C16H13FN2O3S/c1-22-8-11(15(20)21)6-13-9-23-16-18-14(7-19(13)16)10-2-4-12(17)5-3-10/h2-5,7-9H,6H2,1H3,(H,20,21). The van der Waals surface area contributed by atoms with Crippen LogP contribution in [0.25, 0.3) is 16.2 Å². The number of thiazole rings is 1. The highest BCUT2D eigenvalue weighted by molar-refractivity contribution is 7.15. The van der Waals surface area contributed by atoms with Crippen molar-refractivity contribution < 1.29 is 19.0 Å². The summed E-state index contributed by atoms with van der Waals surface area (Å²) in [7, 11) is 1.41. The SMILES string of the molecule is COC=C(Cc1csc2nc(-c3ccc(F)cc3)cn12)C(=O)O. The zero-order valence-electron chi connectivity index (χ0n) is 12.2. The molecule has 0 aliphatic rings. The smallest absolute Gasteiger partial charge is 0.335 e. The molecule has 0 saturated carbocycles. The zero-order valence-corrected chi connectivity index (χ0v) is 13.0. The lowest BCUT2D eigenvalue weighted by molar-refractivity contribution is -0.132. The van der Waals surface area contributed by atoms with Crippen LogP contribution in [0.1, 0.15) is 5.69 Å². The van der Waals surface area contributed by atoms with E-state index in [0.29, 0.717) is 5.69 Å². The van der Waals surface area contributed by atoms with Gasteiger partial charge in [0.1, 0.15) is 5.82 Å². The first-order valence-corrected chi connectivity index (χ1v) is 7.63. The number of nitrogens with zero attached hydrogens (tertiary/aromatic N) is 2. The van der Waals surface area contributed by atoms with E-state index in [-0.39, 0.29) is 17.8 Å². The molecule has 0 aliphatic heterocycles. The molecule has 0 amide bonds. The van der Waals surface area contributed by atoms with Gasteiger partial charge in [-0.2, -0.15) is 0 Å². The number of ether oxygens (including phenoxy) is 1. The van der Waals surface area contributed by atoms with Crippen molar-refractivity contribution in [1.82, 2.24) is 9.38 Å². The van der Waals surface area contributed by atoms with Crippen LogP contribution in [0.15, 0.2) is 47.7 Å². The summed E-state index contributed by atoms with van der Waals surface area (Å²) < 4.78 is 19.7. The number of carboxylic acid groups (broad SMARTS) is 1. The molecule has 3 aromatic rings. The summed E-state index contributed by atoms with van der Waals surface area (Å²) in [6.07, 6.45) is 3.27. The number of imidazole rings is 1. The number of halogens is 1. The minimum absolute atomic E-state index is 0.157. The summed E-state index contributed by atoms with van der Waals surface area (Å²) in [5.41, 5.74) is 2.48. The fourth-order valence-corrected chi connectivity index (χ4v) is 3.09. The monoisotopic (exact) mass is 332 g/mol. The molecular weight excluding hydrogens is 319 g/mol. The number of carbonyl (C=O) groups is 1.